The number of aliphatic hydroxyl groups excluding tert-OH is 1. The third kappa shape index (κ3) is 5.55. The van der Waals surface area contributed by atoms with E-state index in [1.54, 1.807) is 12.1 Å². The van der Waals surface area contributed by atoms with Gasteiger partial charge in [-0.1, -0.05) is 32.9 Å². The summed E-state index contributed by atoms with van der Waals surface area (Å²) in [4.78, 5) is 23.6. The van der Waals surface area contributed by atoms with Crippen LogP contribution in [0.25, 0.3) is 0 Å². The van der Waals surface area contributed by atoms with E-state index in [9.17, 15) is 9.59 Å². The first-order chi connectivity index (χ1) is 9.97. The summed E-state index contributed by atoms with van der Waals surface area (Å²) in [5, 5.41) is 14.0. The Kier molecular flexibility index (Phi) is 6.88. The van der Waals surface area contributed by atoms with E-state index < -0.39 is 11.8 Å². The molecule has 3 N–H and O–H groups in total. The summed E-state index contributed by atoms with van der Waals surface area (Å²) in [5.74, 6) is -0.950. The van der Waals surface area contributed by atoms with Crippen LogP contribution in [0.3, 0.4) is 0 Å². The Morgan fingerprint density at radius 3 is 2.24 bits per heavy atom. The highest BCUT2D eigenvalue weighted by molar-refractivity contribution is 6.39. The maximum Gasteiger partial charge on any atom is 0.313 e. The topological polar surface area (TPSA) is 78.4 Å². The second-order valence-electron chi connectivity index (χ2n) is 5.32. The lowest BCUT2D eigenvalue weighted by molar-refractivity contribution is -0.136. The molecular weight excluding hydrogens is 268 g/mol. The van der Waals surface area contributed by atoms with Crippen LogP contribution in [0.15, 0.2) is 24.3 Å². The number of rotatable bonds is 6. The summed E-state index contributed by atoms with van der Waals surface area (Å²) in [6.07, 6.45) is 1.11. The minimum absolute atomic E-state index is 0.0168. The molecule has 1 aromatic carbocycles. The molecule has 0 spiro atoms. The van der Waals surface area contributed by atoms with E-state index in [1.807, 2.05) is 19.1 Å². The van der Waals surface area contributed by atoms with Gasteiger partial charge >= 0.3 is 11.8 Å². The number of nitrogens with one attached hydrogen (secondary N) is 2. The Hall–Kier alpha value is -1.88. The van der Waals surface area contributed by atoms with Gasteiger partial charge in [-0.05, 0) is 36.5 Å². The number of amides is 2. The van der Waals surface area contributed by atoms with Crippen molar-refractivity contribution in [2.24, 2.45) is 0 Å². The van der Waals surface area contributed by atoms with Crippen LogP contribution in [-0.4, -0.2) is 29.6 Å². The monoisotopic (exact) mass is 292 g/mol. The molecule has 0 bridgehead atoms. The van der Waals surface area contributed by atoms with Gasteiger partial charge in [0.05, 0.1) is 0 Å². The van der Waals surface area contributed by atoms with Gasteiger partial charge in [0, 0.05) is 18.3 Å². The van der Waals surface area contributed by atoms with E-state index in [0.29, 0.717) is 24.4 Å². The van der Waals surface area contributed by atoms with Crippen molar-refractivity contribution >= 4 is 17.5 Å². The standard InChI is InChI=1S/C16H24N2O3/c1-4-13(9-10-19)17-15(20)16(21)18-14-7-5-12(6-8-14)11(2)3/h5-8,11,13,19H,4,9-10H2,1-3H3,(H,17,20)(H,18,21). The number of carbonyl (C=O) groups excluding carboxylic acids is 2. The van der Waals surface area contributed by atoms with Crippen LogP contribution in [0.5, 0.6) is 0 Å². The van der Waals surface area contributed by atoms with Crippen molar-refractivity contribution in [3.8, 4) is 0 Å². The summed E-state index contributed by atoms with van der Waals surface area (Å²) in [6, 6.07) is 7.24. The first kappa shape index (κ1) is 17.2. The average Bonchev–Trinajstić information content (AvgIpc) is 2.47. The highest BCUT2D eigenvalue weighted by atomic mass is 16.3. The summed E-state index contributed by atoms with van der Waals surface area (Å²) in [6.45, 7) is 6.06. The van der Waals surface area contributed by atoms with Crippen LogP contribution in [-0.2, 0) is 9.59 Å². The van der Waals surface area contributed by atoms with Gasteiger partial charge < -0.3 is 15.7 Å². The molecule has 0 heterocycles. The van der Waals surface area contributed by atoms with Crippen LogP contribution in [0.2, 0.25) is 0 Å². The molecule has 0 radical (unpaired) electrons. The van der Waals surface area contributed by atoms with Crippen LogP contribution in [0.4, 0.5) is 5.69 Å². The van der Waals surface area contributed by atoms with Crippen LogP contribution >= 0.6 is 0 Å². The van der Waals surface area contributed by atoms with Crippen LogP contribution in [0, 0.1) is 0 Å². The van der Waals surface area contributed by atoms with E-state index in [1.165, 1.54) is 5.56 Å². The molecule has 2 amide bonds. The number of hydrogen-bond acceptors (Lipinski definition) is 3. The number of hydrogen-bond donors (Lipinski definition) is 3. The third-order valence-electron chi connectivity index (χ3n) is 3.35. The second-order valence-corrected chi connectivity index (χ2v) is 5.32. The summed E-state index contributed by atoms with van der Waals surface area (Å²) in [7, 11) is 0. The molecule has 0 aliphatic heterocycles. The molecule has 0 aromatic heterocycles. The molecule has 21 heavy (non-hydrogen) atoms. The lowest BCUT2D eigenvalue weighted by atomic mass is 10.0. The largest absolute Gasteiger partial charge is 0.396 e. The lowest BCUT2D eigenvalue weighted by Gasteiger charge is -2.15. The van der Waals surface area contributed by atoms with Gasteiger partial charge in [0.2, 0.25) is 0 Å². The van der Waals surface area contributed by atoms with Crippen molar-refractivity contribution in [3.63, 3.8) is 0 Å². The molecule has 0 aliphatic carbocycles. The predicted molar refractivity (Wildman–Crippen MR) is 83.1 cm³/mol. The molecule has 5 heteroatoms. The molecule has 1 aromatic rings. The van der Waals surface area contributed by atoms with Gasteiger partial charge in [-0.3, -0.25) is 9.59 Å². The van der Waals surface area contributed by atoms with E-state index in [2.05, 4.69) is 24.5 Å². The van der Waals surface area contributed by atoms with Crippen LogP contribution < -0.4 is 10.6 Å². The normalized spacial score (nSPS) is 12.0. The number of benzene rings is 1. The Bertz CT molecular complexity index is 469. The van der Waals surface area contributed by atoms with Crippen LogP contribution in [0.1, 0.15) is 45.1 Å². The van der Waals surface area contributed by atoms with Gasteiger partial charge in [-0.15, -0.1) is 0 Å². The predicted octanol–water partition coefficient (Wildman–Crippen LogP) is 2.03. The van der Waals surface area contributed by atoms with Crippen molar-refractivity contribution in [2.45, 2.75) is 45.6 Å². The Labute approximate surface area is 125 Å². The maximum atomic E-state index is 11.8. The Morgan fingerprint density at radius 1 is 1.14 bits per heavy atom. The zero-order chi connectivity index (χ0) is 15.8. The van der Waals surface area contributed by atoms with Gasteiger partial charge in [-0.25, -0.2) is 0 Å². The van der Waals surface area contributed by atoms with Gasteiger partial charge in [0.25, 0.3) is 0 Å². The van der Waals surface area contributed by atoms with E-state index in [0.717, 1.165) is 0 Å². The zero-order valence-electron chi connectivity index (χ0n) is 12.8. The molecule has 0 saturated heterocycles. The number of anilines is 1. The van der Waals surface area contributed by atoms with Gasteiger partial charge in [-0.2, -0.15) is 0 Å². The van der Waals surface area contributed by atoms with Crippen molar-refractivity contribution in [3.05, 3.63) is 29.8 Å². The highest BCUT2D eigenvalue weighted by Crippen LogP contribution is 2.17. The molecule has 0 saturated carbocycles. The second kappa shape index (κ2) is 8.42. The fourth-order valence-electron chi connectivity index (χ4n) is 1.92. The first-order valence-electron chi connectivity index (χ1n) is 7.30. The van der Waals surface area contributed by atoms with Gasteiger partial charge in [0.15, 0.2) is 0 Å². The molecule has 5 nitrogen and oxygen atoms in total. The summed E-state index contributed by atoms with van der Waals surface area (Å²) in [5.41, 5.74) is 1.76. The zero-order valence-corrected chi connectivity index (χ0v) is 12.8. The minimum atomic E-state index is -0.691. The summed E-state index contributed by atoms with van der Waals surface area (Å²) < 4.78 is 0. The fraction of sp³-hybridized carbons (Fsp3) is 0.500. The quantitative estimate of drug-likeness (QED) is 0.702. The Balaban J connectivity index is 2.57. The molecular formula is C16H24N2O3. The highest BCUT2D eigenvalue weighted by Gasteiger charge is 2.17. The van der Waals surface area contributed by atoms with Crippen molar-refractivity contribution in [2.75, 3.05) is 11.9 Å². The van der Waals surface area contributed by atoms with E-state index >= 15 is 0 Å². The van der Waals surface area contributed by atoms with Crippen molar-refractivity contribution < 1.29 is 14.7 Å². The molecule has 116 valence electrons. The SMILES string of the molecule is CCC(CCO)NC(=O)C(=O)Nc1ccc(C(C)C)cc1. The third-order valence-corrected chi connectivity index (χ3v) is 3.35. The first-order valence-corrected chi connectivity index (χ1v) is 7.30. The van der Waals surface area contributed by atoms with E-state index in [4.69, 9.17) is 5.11 Å². The van der Waals surface area contributed by atoms with Gasteiger partial charge in [0.1, 0.15) is 0 Å². The molecule has 1 atom stereocenters. The number of carbonyl (C=O) groups is 2. The molecule has 1 unspecified atom stereocenters. The number of aliphatic hydroxyl groups is 1. The maximum absolute atomic E-state index is 11.8. The lowest BCUT2D eigenvalue weighted by Crippen LogP contribution is -2.42. The summed E-state index contributed by atoms with van der Waals surface area (Å²) >= 11 is 0. The molecule has 0 fully saturated rings. The Morgan fingerprint density at radius 2 is 1.76 bits per heavy atom. The average molecular weight is 292 g/mol. The molecule has 1 rings (SSSR count). The molecule has 0 aliphatic rings. The van der Waals surface area contributed by atoms with Crippen molar-refractivity contribution in [1.29, 1.82) is 0 Å². The van der Waals surface area contributed by atoms with E-state index in [-0.39, 0.29) is 12.6 Å². The fourth-order valence-corrected chi connectivity index (χ4v) is 1.92. The minimum Gasteiger partial charge on any atom is -0.396 e. The van der Waals surface area contributed by atoms with Crippen molar-refractivity contribution in [1.82, 2.24) is 5.32 Å². The smallest absolute Gasteiger partial charge is 0.313 e.